The molecule has 1 amide bonds. The van der Waals surface area contributed by atoms with Crippen LogP contribution >= 0.6 is 0 Å². The Morgan fingerprint density at radius 3 is 2.54 bits per heavy atom. The summed E-state index contributed by atoms with van der Waals surface area (Å²) in [7, 11) is 1.62. The van der Waals surface area contributed by atoms with Crippen molar-refractivity contribution in [1.82, 2.24) is 4.90 Å². The Morgan fingerprint density at radius 1 is 1.18 bits per heavy atom. The van der Waals surface area contributed by atoms with Gasteiger partial charge in [-0.25, -0.2) is 9.59 Å². The molecule has 0 radical (unpaired) electrons. The average molecular weight is 385 g/mol. The van der Waals surface area contributed by atoms with E-state index >= 15 is 0 Å². The lowest BCUT2D eigenvalue weighted by Crippen LogP contribution is -2.45. The highest BCUT2D eigenvalue weighted by atomic mass is 16.6. The van der Waals surface area contributed by atoms with Crippen molar-refractivity contribution in [1.29, 1.82) is 0 Å². The maximum Gasteiger partial charge on any atom is 0.411 e. The molecule has 1 aliphatic rings. The largest absolute Gasteiger partial charge is 0.480 e. The number of methoxy groups -OCH3 is 1. The first-order valence-electron chi connectivity index (χ1n) is 9.45. The molecule has 0 spiro atoms. The van der Waals surface area contributed by atoms with Crippen LogP contribution in [0, 0.1) is 0 Å². The number of benzene rings is 2. The summed E-state index contributed by atoms with van der Waals surface area (Å²) in [5.74, 6) is -1.36. The molecule has 2 aromatic rings. The molecule has 1 N–H and O–H groups in total. The Balaban J connectivity index is 2.06. The van der Waals surface area contributed by atoms with E-state index in [1.165, 1.54) is 4.90 Å². The maximum atomic E-state index is 12.6. The topological polar surface area (TPSA) is 76.1 Å². The molecule has 0 aliphatic carbocycles. The van der Waals surface area contributed by atoms with Crippen LogP contribution in [0.1, 0.15) is 44.2 Å². The summed E-state index contributed by atoms with van der Waals surface area (Å²) >= 11 is 0. The van der Waals surface area contributed by atoms with Crippen molar-refractivity contribution in [2.75, 3.05) is 13.7 Å². The average Bonchev–Trinajstić information content (AvgIpc) is 3.05. The Morgan fingerprint density at radius 2 is 1.89 bits per heavy atom. The van der Waals surface area contributed by atoms with Gasteiger partial charge in [0.1, 0.15) is 11.6 Å². The molecular weight excluding hydrogens is 358 g/mol. The number of carboxylic acids is 1. The number of carboxylic acid groups (broad SMARTS) is 1. The van der Waals surface area contributed by atoms with Gasteiger partial charge in [0.05, 0.1) is 6.61 Å². The zero-order valence-electron chi connectivity index (χ0n) is 16.8. The highest BCUT2D eigenvalue weighted by molar-refractivity contribution is 5.89. The van der Waals surface area contributed by atoms with Crippen molar-refractivity contribution in [3.8, 4) is 0 Å². The number of carbonyl (C=O) groups is 2. The molecule has 0 unspecified atom stereocenters. The standard InChI is InChI=1S/C22H27NO5/c1-22(2,3)28-21(26)23-12-11-17(19(23)20(24)25)18-15(13-27-4)10-9-14-7-5-6-8-16(14)18/h5-10,17,19H,11-13H2,1-4H3,(H,24,25)/t17-,19+/m1/s1. The zero-order chi connectivity index (χ0) is 20.5. The van der Waals surface area contributed by atoms with Crippen molar-refractivity contribution in [3.05, 3.63) is 47.5 Å². The molecular formula is C22H27NO5. The molecule has 150 valence electrons. The Bertz CT molecular complexity index is 886. The maximum absolute atomic E-state index is 12.6. The molecule has 1 heterocycles. The third-order valence-corrected chi connectivity index (χ3v) is 5.01. The molecule has 28 heavy (non-hydrogen) atoms. The minimum atomic E-state index is -1.02. The minimum absolute atomic E-state index is 0.332. The van der Waals surface area contributed by atoms with Crippen LogP contribution < -0.4 is 0 Å². The predicted molar refractivity (Wildman–Crippen MR) is 106 cm³/mol. The summed E-state index contributed by atoms with van der Waals surface area (Å²) in [5, 5.41) is 12.0. The molecule has 2 atom stereocenters. The van der Waals surface area contributed by atoms with E-state index in [-0.39, 0.29) is 5.92 Å². The van der Waals surface area contributed by atoms with Gasteiger partial charge in [-0.2, -0.15) is 0 Å². The van der Waals surface area contributed by atoms with Gasteiger partial charge >= 0.3 is 12.1 Å². The van der Waals surface area contributed by atoms with Gasteiger partial charge in [-0.15, -0.1) is 0 Å². The molecule has 6 nitrogen and oxygen atoms in total. The van der Waals surface area contributed by atoms with Crippen LogP contribution in [0.25, 0.3) is 10.8 Å². The molecule has 6 heteroatoms. The van der Waals surface area contributed by atoms with E-state index in [2.05, 4.69) is 0 Å². The van der Waals surface area contributed by atoms with Gasteiger partial charge in [0.25, 0.3) is 0 Å². The molecule has 1 aliphatic heterocycles. The Labute approximate surface area is 165 Å². The summed E-state index contributed by atoms with van der Waals surface area (Å²) in [6.07, 6.45) is -0.0306. The van der Waals surface area contributed by atoms with E-state index in [1.807, 2.05) is 36.4 Å². The van der Waals surface area contributed by atoms with Crippen molar-refractivity contribution in [2.24, 2.45) is 0 Å². The molecule has 0 bridgehead atoms. The van der Waals surface area contributed by atoms with Crippen LogP contribution in [0.3, 0.4) is 0 Å². The molecule has 1 saturated heterocycles. The number of ether oxygens (including phenoxy) is 2. The number of likely N-dealkylation sites (tertiary alicyclic amines) is 1. The highest BCUT2D eigenvalue weighted by Crippen LogP contribution is 2.40. The summed E-state index contributed by atoms with van der Waals surface area (Å²) in [6.45, 7) is 6.04. The smallest absolute Gasteiger partial charge is 0.411 e. The SMILES string of the molecule is COCc1ccc2ccccc2c1[C@H]1CCN(C(=O)OC(C)(C)C)[C@@H]1C(=O)O. The third kappa shape index (κ3) is 3.97. The van der Waals surface area contributed by atoms with E-state index in [0.29, 0.717) is 19.6 Å². The number of aliphatic carboxylic acids is 1. The van der Waals surface area contributed by atoms with Crippen molar-refractivity contribution in [2.45, 2.75) is 51.4 Å². The van der Waals surface area contributed by atoms with E-state index < -0.39 is 23.7 Å². The molecule has 2 aromatic carbocycles. The third-order valence-electron chi connectivity index (χ3n) is 5.01. The van der Waals surface area contributed by atoms with Gasteiger partial charge in [-0.3, -0.25) is 4.90 Å². The predicted octanol–water partition coefficient (Wildman–Crippen LogP) is 4.16. The second kappa shape index (κ2) is 7.80. The first-order chi connectivity index (χ1) is 13.2. The number of carbonyl (C=O) groups excluding carboxylic acids is 1. The lowest BCUT2D eigenvalue weighted by atomic mass is 9.84. The van der Waals surface area contributed by atoms with Gasteiger partial charge in [0, 0.05) is 19.6 Å². The Hall–Kier alpha value is -2.60. The summed E-state index contributed by atoms with van der Waals surface area (Å²) < 4.78 is 10.8. The van der Waals surface area contributed by atoms with Crippen molar-refractivity contribution >= 4 is 22.8 Å². The second-order valence-corrected chi connectivity index (χ2v) is 8.14. The Kier molecular flexibility index (Phi) is 5.61. The van der Waals surface area contributed by atoms with Crippen LogP contribution in [0.4, 0.5) is 4.79 Å². The van der Waals surface area contributed by atoms with Crippen molar-refractivity contribution in [3.63, 3.8) is 0 Å². The van der Waals surface area contributed by atoms with Crippen LogP contribution in [-0.4, -0.2) is 47.4 Å². The lowest BCUT2D eigenvalue weighted by molar-refractivity contribution is -0.142. The van der Waals surface area contributed by atoms with Crippen LogP contribution in [0.2, 0.25) is 0 Å². The van der Waals surface area contributed by atoms with E-state index in [1.54, 1.807) is 27.9 Å². The fraction of sp³-hybridized carbons (Fsp3) is 0.455. The van der Waals surface area contributed by atoms with Gasteiger partial charge in [-0.1, -0.05) is 36.4 Å². The summed E-state index contributed by atoms with van der Waals surface area (Å²) in [4.78, 5) is 26.2. The fourth-order valence-corrected chi connectivity index (χ4v) is 3.99. The van der Waals surface area contributed by atoms with E-state index in [0.717, 1.165) is 21.9 Å². The van der Waals surface area contributed by atoms with Crippen molar-refractivity contribution < 1.29 is 24.2 Å². The number of hydrogen-bond acceptors (Lipinski definition) is 4. The molecule has 1 fully saturated rings. The van der Waals surface area contributed by atoms with Crippen LogP contribution in [0.15, 0.2) is 36.4 Å². The normalized spacial score (nSPS) is 19.8. The first-order valence-corrected chi connectivity index (χ1v) is 9.45. The van der Waals surface area contributed by atoms with E-state index in [4.69, 9.17) is 9.47 Å². The molecule has 3 rings (SSSR count). The lowest BCUT2D eigenvalue weighted by Gasteiger charge is -2.29. The number of fused-ring (bicyclic) bond motifs is 1. The monoisotopic (exact) mass is 385 g/mol. The number of amides is 1. The fourth-order valence-electron chi connectivity index (χ4n) is 3.99. The number of hydrogen-bond donors (Lipinski definition) is 1. The van der Waals surface area contributed by atoms with Gasteiger partial charge < -0.3 is 14.6 Å². The summed E-state index contributed by atoms with van der Waals surface area (Å²) in [5.41, 5.74) is 1.21. The minimum Gasteiger partial charge on any atom is -0.480 e. The van der Waals surface area contributed by atoms with Gasteiger partial charge in [0.15, 0.2) is 0 Å². The van der Waals surface area contributed by atoms with Gasteiger partial charge in [0.2, 0.25) is 0 Å². The van der Waals surface area contributed by atoms with Gasteiger partial charge in [-0.05, 0) is 49.1 Å². The molecule has 0 saturated carbocycles. The molecule has 0 aromatic heterocycles. The van der Waals surface area contributed by atoms with Crippen LogP contribution in [0.5, 0.6) is 0 Å². The highest BCUT2D eigenvalue weighted by Gasteiger charge is 2.45. The second-order valence-electron chi connectivity index (χ2n) is 8.14. The van der Waals surface area contributed by atoms with Crippen LogP contribution in [-0.2, 0) is 20.9 Å². The number of nitrogens with zero attached hydrogens (tertiary/aromatic N) is 1. The quantitative estimate of drug-likeness (QED) is 0.855. The van der Waals surface area contributed by atoms with E-state index in [9.17, 15) is 14.7 Å². The first kappa shape index (κ1) is 20.1. The zero-order valence-corrected chi connectivity index (χ0v) is 16.8. The summed E-state index contributed by atoms with van der Waals surface area (Å²) in [6, 6.07) is 10.9. The number of rotatable bonds is 4.